The van der Waals surface area contributed by atoms with Gasteiger partial charge in [-0.1, -0.05) is 13.8 Å². The van der Waals surface area contributed by atoms with Gasteiger partial charge < -0.3 is 28.6 Å². The first kappa shape index (κ1) is 29.8. The molecule has 0 spiro atoms. The van der Waals surface area contributed by atoms with Crippen molar-refractivity contribution in [3.05, 3.63) is 71.3 Å². The van der Waals surface area contributed by atoms with E-state index in [1.54, 1.807) is 43.1 Å². The summed E-state index contributed by atoms with van der Waals surface area (Å²) >= 11 is 0. The number of hydrogen-bond acceptors (Lipinski definition) is 5. The lowest BCUT2D eigenvalue weighted by Crippen LogP contribution is -2.52. The summed E-state index contributed by atoms with van der Waals surface area (Å²) < 4.78 is 32.1. The third-order valence-corrected chi connectivity index (χ3v) is 8.14. The van der Waals surface area contributed by atoms with Crippen LogP contribution in [0.3, 0.4) is 0 Å². The van der Waals surface area contributed by atoms with Crippen LogP contribution in [0.15, 0.2) is 48.7 Å². The second-order valence-electron chi connectivity index (χ2n) is 12.5. The van der Waals surface area contributed by atoms with Gasteiger partial charge in [0.1, 0.15) is 24.7 Å². The van der Waals surface area contributed by atoms with Gasteiger partial charge in [0, 0.05) is 41.0 Å². The Balaban J connectivity index is 1.36. The minimum Gasteiger partial charge on any atom is -0.493 e. The van der Waals surface area contributed by atoms with E-state index in [9.17, 15) is 14.0 Å². The van der Waals surface area contributed by atoms with Gasteiger partial charge in [0.15, 0.2) is 0 Å². The number of benzene rings is 2. The number of rotatable bonds is 8. The number of ether oxygens (including phenoxy) is 3. The fraction of sp³-hybridized carbons (Fsp3) is 0.455. The Labute approximate surface area is 246 Å². The molecule has 1 saturated heterocycles. The number of nitrogens with zero attached hydrogens (tertiary/aromatic N) is 2. The molecule has 2 aliphatic rings. The van der Waals surface area contributed by atoms with Crippen LogP contribution in [0.5, 0.6) is 5.75 Å². The number of esters is 1. The Hall–Kier alpha value is -3.69. The monoisotopic (exact) mass is 578 g/mol. The molecular formula is C33H41FN3O5+. The molecule has 1 fully saturated rings. The molecule has 224 valence electrons. The minimum absolute atomic E-state index is 0.228. The smallest absolute Gasteiger partial charge is 0.342 e. The van der Waals surface area contributed by atoms with E-state index in [0.717, 1.165) is 54.7 Å². The van der Waals surface area contributed by atoms with Crippen LogP contribution in [0.25, 0.3) is 16.5 Å². The van der Waals surface area contributed by atoms with Crippen molar-refractivity contribution in [2.24, 2.45) is 0 Å². The van der Waals surface area contributed by atoms with Crippen LogP contribution in [0.2, 0.25) is 0 Å². The van der Waals surface area contributed by atoms with Crippen LogP contribution < -0.4 is 4.74 Å². The highest BCUT2D eigenvalue weighted by molar-refractivity contribution is 6.18. The van der Waals surface area contributed by atoms with Crippen molar-refractivity contribution in [1.82, 2.24) is 9.88 Å². The zero-order valence-corrected chi connectivity index (χ0v) is 25.2. The first-order chi connectivity index (χ1) is 20.0. The van der Waals surface area contributed by atoms with E-state index in [1.165, 1.54) is 12.1 Å². The predicted octanol–water partition coefficient (Wildman–Crippen LogP) is 5.28. The van der Waals surface area contributed by atoms with Crippen LogP contribution >= 0.6 is 0 Å². The maximum atomic E-state index is 14.1. The number of halogens is 1. The molecule has 0 unspecified atom stereocenters. The number of likely N-dealkylation sites (N-methyl/N-ethyl adjacent to an activating group) is 1. The molecule has 9 heteroatoms. The minimum atomic E-state index is -0.569. The summed E-state index contributed by atoms with van der Waals surface area (Å²) in [5.41, 5.74) is 2.11. The third-order valence-electron chi connectivity index (χ3n) is 8.14. The summed E-state index contributed by atoms with van der Waals surface area (Å²) in [6.07, 6.45) is 2.14. The average Bonchev–Trinajstić information content (AvgIpc) is 3.27. The molecule has 0 radical (unpaired) electrons. The number of carbonyl (C=O) groups excluding carboxylic acids is 2. The number of nitrogens with one attached hydrogen (secondary N) is 1. The van der Waals surface area contributed by atoms with E-state index < -0.39 is 11.4 Å². The zero-order valence-electron chi connectivity index (χ0n) is 25.2. The maximum Gasteiger partial charge on any atom is 0.342 e. The highest BCUT2D eigenvalue weighted by Gasteiger charge is 2.38. The zero-order chi connectivity index (χ0) is 30.1. The SMILES string of the molecule is CC(C)OC(=O)C1=CN(C(=O)c2ccc(OCCC[N+]3(C)CCOCC3)cc2)CC(C)(C)c2c1[nH]c1cc(F)ccc21. The molecule has 5 rings (SSSR count). The predicted molar refractivity (Wildman–Crippen MR) is 160 cm³/mol. The van der Waals surface area contributed by atoms with E-state index in [4.69, 9.17) is 14.2 Å². The second-order valence-corrected chi connectivity index (χ2v) is 12.5. The molecule has 0 bridgehead atoms. The summed E-state index contributed by atoms with van der Waals surface area (Å²) in [6, 6.07) is 11.7. The number of fused-ring (bicyclic) bond motifs is 3. The lowest BCUT2D eigenvalue weighted by Gasteiger charge is -2.37. The number of carbonyl (C=O) groups is 2. The van der Waals surface area contributed by atoms with Crippen molar-refractivity contribution in [3.8, 4) is 5.75 Å². The molecule has 1 amide bonds. The van der Waals surface area contributed by atoms with Gasteiger partial charge in [0.05, 0.1) is 50.8 Å². The van der Waals surface area contributed by atoms with Gasteiger partial charge >= 0.3 is 5.97 Å². The topological polar surface area (TPSA) is 80.9 Å². The molecule has 1 aromatic heterocycles. The van der Waals surface area contributed by atoms with Crippen molar-refractivity contribution in [1.29, 1.82) is 0 Å². The highest BCUT2D eigenvalue weighted by atomic mass is 19.1. The van der Waals surface area contributed by atoms with E-state index in [0.29, 0.717) is 35.7 Å². The van der Waals surface area contributed by atoms with Gasteiger partial charge in [-0.25, -0.2) is 9.18 Å². The first-order valence-electron chi connectivity index (χ1n) is 14.7. The summed E-state index contributed by atoms with van der Waals surface area (Å²) in [5.74, 6) is -0.456. The average molecular weight is 579 g/mol. The lowest BCUT2D eigenvalue weighted by atomic mass is 9.81. The molecule has 0 saturated carbocycles. The summed E-state index contributed by atoms with van der Waals surface area (Å²) in [5, 5.41) is 0.806. The van der Waals surface area contributed by atoms with Crippen LogP contribution in [-0.4, -0.2) is 85.4 Å². The number of amides is 1. The molecule has 2 aromatic carbocycles. The summed E-state index contributed by atoms with van der Waals surface area (Å²) in [4.78, 5) is 31.9. The second kappa shape index (κ2) is 11.9. The Kier molecular flexibility index (Phi) is 8.44. The van der Waals surface area contributed by atoms with Crippen LogP contribution in [0.1, 0.15) is 55.7 Å². The number of aromatic nitrogens is 1. The number of hydrogen-bond donors (Lipinski definition) is 1. The molecule has 42 heavy (non-hydrogen) atoms. The molecule has 8 nitrogen and oxygen atoms in total. The maximum absolute atomic E-state index is 14.1. The van der Waals surface area contributed by atoms with E-state index in [-0.39, 0.29) is 23.4 Å². The van der Waals surface area contributed by atoms with Gasteiger partial charge in [-0.15, -0.1) is 0 Å². The van der Waals surface area contributed by atoms with Crippen molar-refractivity contribution in [3.63, 3.8) is 0 Å². The van der Waals surface area contributed by atoms with E-state index in [2.05, 4.69) is 12.0 Å². The van der Waals surface area contributed by atoms with Gasteiger partial charge in [-0.2, -0.15) is 0 Å². The van der Waals surface area contributed by atoms with Gasteiger partial charge in [0.2, 0.25) is 0 Å². The Morgan fingerprint density at radius 1 is 1.12 bits per heavy atom. The third kappa shape index (κ3) is 6.37. The number of morpholine rings is 1. The Morgan fingerprint density at radius 3 is 2.52 bits per heavy atom. The van der Waals surface area contributed by atoms with E-state index >= 15 is 0 Å². The highest BCUT2D eigenvalue weighted by Crippen LogP contribution is 2.41. The summed E-state index contributed by atoms with van der Waals surface area (Å²) in [7, 11) is 2.26. The lowest BCUT2D eigenvalue weighted by molar-refractivity contribution is -0.917. The Bertz CT molecular complexity index is 1490. The van der Waals surface area contributed by atoms with Crippen molar-refractivity contribution >= 4 is 28.4 Å². The van der Waals surface area contributed by atoms with Crippen LogP contribution in [-0.2, 0) is 19.7 Å². The van der Waals surface area contributed by atoms with Crippen molar-refractivity contribution in [2.75, 3.05) is 53.0 Å². The molecular weight excluding hydrogens is 537 g/mol. The standard InChI is InChI=1S/C33H41FN3O5/c1-22(2)42-32(39)27-20-36(21-33(3,4)29-26-12-9-24(34)19-28(26)35-30(27)29)31(38)23-7-10-25(11-8-23)41-16-6-13-37(5)14-17-40-18-15-37/h7-12,19-20,22,35H,6,13-18,21H2,1-5H3/q+1. The molecule has 3 heterocycles. The van der Waals surface area contributed by atoms with Crippen LogP contribution in [0.4, 0.5) is 4.39 Å². The van der Waals surface area contributed by atoms with Crippen LogP contribution in [0, 0.1) is 5.82 Å². The summed E-state index contributed by atoms with van der Waals surface area (Å²) in [6.45, 7) is 13.2. The quantitative estimate of drug-likeness (QED) is 0.224. The molecule has 0 atom stereocenters. The van der Waals surface area contributed by atoms with E-state index in [1.807, 2.05) is 26.0 Å². The number of quaternary nitrogens is 1. The van der Waals surface area contributed by atoms with Gasteiger partial charge in [0.25, 0.3) is 5.91 Å². The van der Waals surface area contributed by atoms with Crippen molar-refractivity contribution < 1.29 is 32.7 Å². The Morgan fingerprint density at radius 2 is 1.83 bits per heavy atom. The fourth-order valence-corrected chi connectivity index (χ4v) is 5.91. The molecule has 3 aromatic rings. The normalized spacial score (nSPS) is 17.9. The van der Waals surface area contributed by atoms with Gasteiger partial charge in [-0.05, 0) is 61.9 Å². The fourth-order valence-electron chi connectivity index (χ4n) is 5.91. The largest absolute Gasteiger partial charge is 0.493 e. The van der Waals surface area contributed by atoms with Gasteiger partial charge in [-0.3, -0.25) is 4.79 Å². The first-order valence-corrected chi connectivity index (χ1v) is 14.7. The molecule has 1 N–H and O–H groups in total. The molecule has 0 aliphatic carbocycles. The number of aromatic amines is 1. The van der Waals surface area contributed by atoms with Crippen molar-refractivity contribution in [2.45, 2.75) is 45.6 Å². The molecule has 2 aliphatic heterocycles. The number of H-pyrrole nitrogens is 1.